The Morgan fingerprint density at radius 3 is 2.42 bits per heavy atom. The molecule has 106 valence electrons. The largest absolute Gasteiger partial charge is 0.444 e. The molecule has 0 heterocycles. The fourth-order valence-electron chi connectivity index (χ4n) is 1.55. The smallest absolute Gasteiger partial charge is 0.407 e. The number of nitrogens with one attached hydrogen (secondary N) is 1. The Labute approximate surface area is 122 Å². The number of benzene rings is 1. The van der Waals surface area contributed by atoms with E-state index in [1.54, 1.807) is 33.8 Å². The first kappa shape index (κ1) is 16.0. The van der Waals surface area contributed by atoms with Crippen LogP contribution >= 0.6 is 15.9 Å². The summed E-state index contributed by atoms with van der Waals surface area (Å²) in [6.45, 7) is 7.09. The Morgan fingerprint density at radius 2 is 1.89 bits per heavy atom. The number of alkyl carbamates (subject to hydrolysis) is 1. The molecule has 0 saturated heterocycles. The molecule has 0 fully saturated rings. The minimum Gasteiger partial charge on any atom is -0.444 e. The maximum absolute atomic E-state index is 11.6. The summed E-state index contributed by atoms with van der Waals surface area (Å²) in [7, 11) is 0. The number of aliphatic hydroxyl groups is 1. The quantitative estimate of drug-likeness (QED) is 0.895. The molecule has 1 rings (SSSR count). The van der Waals surface area contributed by atoms with Crippen molar-refractivity contribution in [3.05, 3.63) is 34.3 Å². The maximum atomic E-state index is 11.6. The van der Waals surface area contributed by atoms with Crippen LogP contribution in [0, 0.1) is 0 Å². The van der Waals surface area contributed by atoms with Crippen LogP contribution in [0.3, 0.4) is 0 Å². The molecule has 1 amide bonds. The molecule has 1 aromatic carbocycles. The molecule has 1 unspecified atom stereocenters. The highest BCUT2D eigenvalue weighted by atomic mass is 79.9. The molecule has 0 aliphatic rings. The Kier molecular flexibility index (Phi) is 4.98. The van der Waals surface area contributed by atoms with Crippen LogP contribution in [-0.4, -0.2) is 23.3 Å². The van der Waals surface area contributed by atoms with Gasteiger partial charge in [0.1, 0.15) is 11.2 Å². The minimum atomic E-state index is -1.17. The number of ether oxygens (including phenoxy) is 1. The molecule has 5 heteroatoms. The van der Waals surface area contributed by atoms with Gasteiger partial charge in [0.25, 0.3) is 0 Å². The van der Waals surface area contributed by atoms with E-state index in [4.69, 9.17) is 4.74 Å². The van der Waals surface area contributed by atoms with E-state index < -0.39 is 17.3 Å². The van der Waals surface area contributed by atoms with E-state index >= 15 is 0 Å². The van der Waals surface area contributed by atoms with Crippen LogP contribution in [0.4, 0.5) is 4.79 Å². The van der Waals surface area contributed by atoms with Gasteiger partial charge in [0.15, 0.2) is 0 Å². The molecule has 0 saturated carbocycles. The molecule has 0 bridgehead atoms. The van der Waals surface area contributed by atoms with E-state index in [-0.39, 0.29) is 6.54 Å². The molecule has 2 N–H and O–H groups in total. The third-order valence-electron chi connectivity index (χ3n) is 2.43. The summed E-state index contributed by atoms with van der Waals surface area (Å²) in [6.07, 6.45) is -0.542. The van der Waals surface area contributed by atoms with Gasteiger partial charge in [-0.3, -0.25) is 0 Å². The zero-order valence-corrected chi connectivity index (χ0v) is 13.2. The van der Waals surface area contributed by atoms with Gasteiger partial charge in [0.05, 0.1) is 6.54 Å². The normalized spacial score (nSPS) is 14.6. The number of carbonyl (C=O) groups excluding carboxylic acids is 1. The third-order valence-corrected chi connectivity index (χ3v) is 3.12. The van der Waals surface area contributed by atoms with Gasteiger partial charge in [-0.15, -0.1) is 0 Å². The highest BCUT2D eigenvalue weighted by Crippen LogP contribution is 2.27. The molecule has 1 aromatic rings. The molecule has 0 aliphatic carbocycles. The molecule has 4 nitrogen and oxygen atoms in total. The van der Waals surface area contributed by atoms with E-state index in [1.807, 2.05) is 18.2 Å². The Hall–Kier alpha value is -1.07. The minimum absolute atomic E-state index is 0.0739. The Balaban J connectivity index is 2.66. The molecule has 1 atom stereocenters. The van der Waals surface area contributed by atoms with Crippen LogP contribution in [0.1, 0.15) is 33.3 Å². The molecule has 0 aromatic heterocycles. The summed E-state index contributed by atoms with van der Waals surface area (Å²) < 4.78 is 5.92. The average molecular weight is 330 g/mol. The van der Waals surface area contributed by atoms with E-state index in [0.29, 0.717) is 5.56 Å². The van der Waals surface area contributed by atoms with Gasteiger partial charge < -0.3 is 15.2 Å². The van der Waals surface area contributed by atoms with E-state index in [1.165, 1.54) is 0 Å². The summed E-state index contributed by atoms with van der Waals surface area (Å²) in [5.41, 5.74) is -1.01. The first-order chi connectivity index (χ1) is 8.62. The number of halogens is 1. The molecule has 19 heavy (non-hydrogen) atoms. The summed E-state index contributed by atoms with van der Waals surface area (Å²) in [6, 6.07) is 7.35. The number of hydrogen-bond acceptors (Lipinski definition) is 3. The van der Waals surface area contributed by atoms with Gasteiger partial charge in [-0.05, 0) is 39.3 Å². The van der Waals surface area contributed by atoms with Crippen LogP contribution in [0.2, 0.25) is 0 Å². The summed E-state index contributed by atoms with van der Waals surface area (Å²) >= 11 is 3.38. The average Bonchev–Trinajstić information content (AvgIpc) is 2.24. The topological polar surface area (TPSA) is 58.6 Å². The maximum Gasteiger partial charge on any atom is 0.407 e. The van der Waals surface area contributed by atoms with Crippen LogP contribution < -0.4 is 5.32 Å². The van der Waals surface area contributed by atoms with Crippen LogP contribution in [0.25, 0.3) is 0 Å². The fourth-order valence-corrected chi connectivity index (χ4v) is 2.26. The van der Waals surface area contributed by atoms with Gasteiger partial charge >= 0.3 is 6.09 Å². The van der Waals surface area contributed by atoms with Crippen molar-refractivity contribution in [1.29, 1.82) is 0 Å². The fraction of sp³-hybridized carbons (Fsp3) is 0.500. The first-order valence-electron chi connectivity index (χ1n) is 6.06. The van der Waals surface area contributed by atoms with Crippen LogP contribution in [-0.2, 0) is 10.3 Å². The zero-order chi connectivity index (χ0) is 14.7. The van der Waals surface area contributed by atoms with Crippen molar-refractivity contribution >= 4 is 22.0 Å². The summed E-state index contributed by atoms with van der Waals surface area (Å²) in [4.78, 5) is 11.6. The SMILES string of the molecule is CC(C)(C)OC(=O)NCC(C)(O)c1ccccc1Br. The van der Waals surface area contributed by atoms with Gasteiger partial charge in [-0.1, -0.05) is 34.1 Å². The predicted octanol–water partition coefficient (Wildman–Crippen LogP) is 3.18. The van der Waals surface area contributed by atoms with Crippen molar-refractivity contribution in [2.45, 2.75) is 38.9 Å². The highest BCUT2D eigenvalue weighted by molar-refractivity contribution is 9.10. The molecule has 0 radical (unpaired) electrons. The monoisotopic (exact) mass is 329 g/mol. The van der Waals surface area contributed by atoms with E-state index in [0.717, 1.165) is 4.47 Å². The lowest BCUT2D eigenvalue weighted by atomic mass is 9.96. The number of hydrogen-bond donors (Lipinski definition) is 2. The van der Waals surface area contributed by atoms with Crippen molar-refractivity contribution in [2.24, 2.45) is 0 Å². The number of amides is 1. The van der Waals surface area contributed by atoms with Crippen molar-refractivity contribution in [3.8, 4) is 0 Å². The van der Waals surface area contributed by atoms with Crippen molar-refractivity contribution in [1.82, 2.24) is 5.32 Å². The Bertz CT molecular complexity index is 452. The van der Waals surface area contributed by atoms with E-state index in [9.17, 15) is 9.90 Å². The van der Waals surface area contributed by atoms with Gasteiger partial charge in [-0.25, -0.2) is 4.79 Å². The molecular formula is C14H20BrNO3. The second-order valence-corrected chi connectivity index (χ2v) is 6.46. The predicted molar refractivity (Wildman–Crippen MR) is 77.9 cm³/mol. The highest BCUT2D eigenvalue weighted by Gasteiger charge is 2.27. The lowest BCUT2D eigenvalue weighted by Gasteiger charge is -2.26. The Morgan fingerprint density at radius 1 is 1.32 bits per heavy atom. The van der Waals surface area contributed by atoms with Gasteiger partial charge in [0, 0.05) is 4.47 Å². The van der Waals surface area contributed by atoms with Crippen molar-refractivity contribution in [3.63, 3.8) is 0 Å². The zero-order valence-electron chi connectivity index (χ0n) is 11.7. The second-order valence-electron chi connectivity index (χ2n) is 5.61. The van der Waals surface area contributed by atoms with E-state index in [2.05, 4.69) is 21.2 Å². The van der Waals surface area contributed by atoms with Crippen molar-refractivity contribution in [2.75, 3.05) is 6.54 Å². The van der Waals surface area contributed by atoms with Crippen LogP contribution in [0.5, 0.6) is 0 Å². The standard InChI is InChI=1S/C14H20BrNO3/c1-13(2,3)19-12(17)16-9-14(4,18)10-7-5-6-8-11(10)15/h5-8,18H,9H2,1-4H3,(H,16,17). The van der Waals surface area contributed by atoms with Gasteiger partial charge in [-0.2, -0.15) is 0 Å². The van der Waals surface area contributed by atoms with Crippen molar-refractivity contribution < 1.29 is 14.6 Å². The number of carbonyl (C=O) groups is 1. The lowest BCUT2D eigenvalue weighted by molar-refractivity contribution is 0.0313. The third kappa shape index (κ3) is 5.20. The number of rotatable bonds is 3. The van der Waals surface area contributed by atoms with Crippen LogP contribution in [0.15, 0.2) is 28.7 Å². The first-order valence-corrected chi connectivity index (χ1v) is 6.85. The second kappa shape index (κ2) is 5.92. The van der Waals surface area contributed by atoms with Gasteiger partial charge in [0.2, 0.25) is 0 Å². The lowest BCUT2D eigenvalue weighted by Crippen LogP contribution is -2.41. The summed E-state index contributed by atoms with van der Waals surface area (Å²) in [5.74, 6) is 0. The molecule has 0 aliphatic heterocycles. The molecule has 0 spiro atoms. The molecular weight excluding hydrogens is 310 g/mol. The summed E-state index contributed by atoms with van der Waals surface area (Å²) in [5, 5.41) is 13.0.